The molecule has 3 rings (SSSR count). The third-order valence-electron chi connectivity index (χ3n) is 4.29. The number of aryl methyl sites for hydroxylation is 1. The Kier molecular flexibility index (Phi) is 3.68. The van der Waals surface area contributed by atoms with Gasteiger partial charge in [0.2, 0.25) is 11.8 Å². The van der Waals surface area contributed by atoms with Crippen LogP contribution in [0.25, 0.3) is 0 Å². The Balaban J connectivity index is 1.62. The highest BCUT2D eigenvalue weighted by atomic mass is 16.2. The lowest BCUT2D eigenvalue weighted by Crippen LogP contribution is -2.60. The van der Waals surface area contributed by atoms with E-state index in [9.17, 15) is 9.59 Å². The number of piperazine rings is 1. The van der Waals surface area contributed by atoms with Crippen LogP contribution in [0.3, 0.4) is 0 Å². The fourth-order valence-electron chi connectivity index (χ4n) is 3.18. The molecule has 2 aliphatic rings. The first-order valence-corrected chi connectivity index (χ1v) is 7.44. The molecule has 5 nitrogen and oxygen atoms in total. The summed E-state index contributed by atoms with van der Waals surface area (Å²) in [5.41, 5.74) is 2.46. The van der Waals surface area contributed by atoms with Gasteiger partial charge in [0.1, 0.15) is 12.1 Å². The fourth-order valence-corrected chi connectivity index (χ4v) is 3.18. The van der Waals surface area contributed by atoms with Gasteiger partial charge in [0, 0.05) is 19.1 Å². The molecule has 5 heteroatoms. The molecule has 0 aromatic heterocycles. The van der Waals surface area contributed by atoms with E-state index in [0.717, 1.165) is 6.54 Å². The predicted octanol–water partition coefficient (Wildman–Crippen LogP) is 0.572. The van der Waals surface area contributed by atoms with Crippen LogP contribution >= 0.6 is 0 Å². The van der Waals surface area contributed by atoms with Crippen molar-refractivity contribution in [3.8, 4) is 0 Å². The van der Waals surface area contributed by atoms with Gasteiger partial charge in [0.25, 0.3) is 0 Å². The largest absolute Gasteiger partial charge is 0.343 e. The van der Waals surface area contributed by atoms with Gasteiger partial charge in [0.15, 0.2) is 0 Å². The second-order valence-electron chi connectivity index (χ2n) is 6.04. The summed E-state index contributed by atoms with van der Waals surface area (Å²) in [6, 6.07) is 7.83. The van der Waals surface area contributed by atoms with E-state index in [1.807, 2.05) is 6.07 Å². The summed E-state index contributed by atoms with van der Waals surface area (Å²) in [4.78, 5) is 25.8. The Morgan fingerprint density at radius 1 is 1.38 bits per heavy atom. The Morgan fingerprint density at radius 2 is 2.19 bits per heavy atom. The molecule has 2 fully saturated rings. The van der Waals surface area contributed by atoms with E-state index in [4.69, 9.17) is 0 Å². The summed E-state index contributed by atoms with van der Waals surface area (Å²) < 4.78 is 0. The summed E-state index contributed by atoms with van der Waals surface area (Å²) in [6.45, 7) is 5.19. The van der Waals surface area contributed by atoms with Crippen molar-refractivity contribution in [1.29, 1.82) is 0 Å². The number of hydrogen-bond acceptors (Lipinski definition) is 3. The fraction of sp³-hybridized carbons (Fsp3) is 0.500. The van der Waals surface area contributed by atoms with Crippen molar-refractivity contribution in [3.63, 3.8) is 0 Å². The minimum atomic E-state index is -0.399. The smallest absolute Gasteiger partial charge is 0.245 e. The van der Waals surface area contributed by atoms with Crippen LogP contribution in [-0.4, -0.2) is 41.4 Å². The molecule has 0 bridgehead atoms. The lowest BCUT2D eigenvalue weighted by Gasteiger charge is -2.32. The molecule has 2 aliphatic heterocycles. The van der Waals surface area contributed by atoms with Gasteiger partial charge in [-0.15, -0.1) is 0 Å². The summed E-state index contributed by atoms with van der Waals surface area (Å²) >= 11 is 0. The zero-order valence-corrected chi connectivity index (χ0v) is 12.4. The summed E-state index contributed by atoms with van der Waals surface area (Å²) in [5, 5.41) is 6.21. The zero-order chi connectivity index (χ0) is 15.0. The number of nitrogens with one attached hydrogen (secondary N) is 2. The number of benzene rings is 1. The van der Waals surface area contributed by atoms with Crippen molar-refractivity contribution in [1.82, 2.24) is 15.5 Å². The Labute approximate surface area is 124 Å². The summed E-state index contributed by atoms with van der Waals surface area (Å²) in [5.74, 6) is 0.00131. The highest BCUT2D eigenvalue weighted by Gasteiger charge is 2.44. The number of rotatable bonds is 3. The number of amides is 2. The highest BCUT2D eigenvalue weighted by Crippen LogP contribution is 2.22. The quantitative estimate of drug-likeness (QED) is 0.854. The predicted molar refractivity (Wildman–Crippen MR) is 79.5 cm³/mol. The van der Waals surface area contributed by atoms with Gasteiger partial charge in [0.05, 0.1) is 0 Å². The maximum Gasteiger partial charge on any atom is 0.245 e. The summed E-state index contributed by atoms with van der Waals surface area (Å²) in [6.07, 6.45) is 0.691. The number of fused-ring (bicyclic) bond motifs is 1. The highest BCUT2D eigenvalue weighted by molar-refractivity contribution is 5.97. The van der Waals surface area contributed by atoms with Gasteiger partial charge in [-0.3, -0.25) is 9.59 Å². The first kappa shape index (κ1) is 14.1. The van der Waals surface area contributed by atoms with Gasteiger partial charge in [-0.2, -0.15) is 0 Å². The Hall–Kier alpha value is -1.88. The lowest BCUT2D eigenvalue weighted by molar-refractivity contribution is -0.146. The van der Waals surface area contributed by atoms with Gasteiger partial charge in [-0.05, 0) is 25.8 Å². The van der Waals surface area contributed by atoms with Crippen molar-refractivity contribution >= 4 is 11.8 Å². The molecular formula is C16H21N3O2. The SMILES string of the molecule is Cc1cccc(CN[C@H]2C[C@H]3C(=O)N[C@H](C)C(=O)N3C2)c1. The molecule has 1 aromatic rings. The Bertz CT molecular complexity index is 572. The molecular weight excluding hydrogens is 266 g/mol. The van der Waals surface area contributed by atoms with Crippen molar-refractivity contribution in [2.45, 2.75) is 44.9 Å². The van der Waals surface area contributed by atoms with E-state index in [-0.39, 0.29) is 23.9 Å². The third kappa shape index (κ3) is 2.78. The average Bonchev–Trinajstić information content (AvgIpc) is 2.88. The number of carbonyl (C=O) groups excluding carboxylic acids is 2. The van der Waals surface area contributed by atoms with Crippen LogP contribution in [-0.2, 0) is 16.1 Å². The van der Waals surface area contributed by atoms with Gasteiger partial charge in [-0.25, -0.2) is 0 Å². The van der Waals surface area contributed by atoms with Crippen LogP contribution in [0.1, 0.15) is 24.5 Å². The van der Waals surface area contributed by atoms with Crippen LogP contribution in [0.2, 0.25) is 0 Å². The zero-order valence-electron chi connectivity index (χ0n) is 12.4. The lowest BCUT2D eigenvalue weighted by atomic mass is 10.1. The third-order valence-corrected chi connectivity index (χ3v) is 4.29. The van der Waals surface area contributed by atoms with E-state index in [1.165, 1.54) is 11.1 Å². The normalized spacial score (nSPS) is 28.5. The van der Waals surface area contributed by atoms with Gasteiger partial charge in [-0.1, -0.05) is 29.8 Å². The molecule has 112 valence electrons. The van der Waals surface area contributed by atoms with E-state index in [2.05, 4.69) is 35.8 Å². The van der Waals surface area contributed by atoms with Crippen molar-refractivity contribution in [2.75, 3.05) is 6.54 Å². The molecule has 0 saturated carbocycles. The van der Waals surface area contributed by atoms with Crippen molar-refractivity contribution < 1.29 is 9.59 Å². The molecule has 2 amide bonds. The number of carbonyl (C=O) groups is 2. The minimum Gasteiger partial charge on any atom is -0.343 e. The van der Waals surface area contributed by atoms with Gasteiger partial charge >= 0.3 is 0 Å². The van der Waals surface area contributed by atoms with Crippen molar-refractivity contribution in [3.05, 3.63) is 35.4 Å². The molecule has 0 aliphatic carbocycles. The van der Waals surface area contributed by atoms with E-state index < -0.39 is 6.04 Å². The Morgan fingerprint density at radius 3 is 2.95 bits per heavy atom. The van der Waals surface area contributed by atoms with Crippen LogP contribution < -0.4 is 10.6 Å². The standard InChI is InChI=1S/C16H21N3O2/c1-10-4-3-5-12(6-10)8-17-13-7-14-15(20)18-11(2)16(21)19(14)9-13/h3-6,11,13-14,17H,7-9H2,1-2H3,(H,18,20)/t11-,13+,14+/m1/s1. The first-order valence-electron chi connectivity index (χ1n) is 7.44. The molecule has 2 heterocycles. The maximum atomic E-state index is 12.1. The van der Waals surface area contributed by atoms with Gasteiger partial charge < -0.3 is 15.5 Å². The molecule has 1 aromatic carbocycles. The van der Waals surface area contributed by atoms with Crippen molar-refractivity contribution in [2.24, 2.45) is 0 Å². The minimum absolute atomic E-state index is 0.0260. The van der Waals surface area contributed by atoms with Crippen LogP contribution in [0, 0.1) is 6.92 Å². The number of hydrogen-bond donors (Lipinski definition) is 2. The molecule has 0 unspecified atom stereocenters. The van der Waals surface area contributed by atoms with Crippen LogP contribution in [0.15, 0.2) is 24.3 Å². The van der Waals surface area contributed by atoms with Crippen LogP contribution in [0.4, 0.5) is 0 Å². The monoisotopic (exact) mass is 287 g/mol. The average molecular weight is 287 g/mol. The molecule has 0 radical (unpaired) electrons. The molecule has 3 atom stereocenters. The van der Waals surface area contributed by atoms with E-state index >= 15 is 0 Å². The molecule has 0 spiro atoms. The molecule has 2 N–H and O–H groups in total. The first-order chi connectivity index (χ1) is 10.0. The van der Waals surface area contributed by atoms with Crippen LogP contribution in [0.5, 0.6) is 0 Å². The second-order valence-corrected chi connectivity index (χ2v) is 6.04. The maximum absolute atomic E-state index is 12.1. The topological polar surface area (TPSA) is 61.4 Å². The second kappa shape index (κ2) is 5.48. The molecule has 2 saturated heterocycles. The molecule has 21 heavy (non-hydrogen) atoms. The number of nitrogens with zero attached hydrogens (tertiary/aromatic N) is 1. The summed E-state index contributed by atoms with van der Waals surface area (Å²) in [7, 11) is 0. The van der Waals surface area contributed by atoms with E-state index in [1.54, 1.807) is 11.8 Å². The van der Waals surface area contributed by atoms with E-state index in [0.29, 0.717) is 13.0 Å².